The number of aliphatic hydroxyl groups is 2. The van der Waals surface area contributed by atoms with E-state index >= 15 is 0 Å². The highest BCUT2D eigenvalue weighted by molar-refractivity contribution is 5.76. The van der Waals surface area contributed by atoms with Crippen LogP contribution in [0.3, 0.4) is 0 Å². The molecule has 3 N–H and O–H groups in total. The maximum atomic E-state index is 12.5. The lowest BCUT2D eigenvalue weighted by atomic mass is 10.0. The number of esters is 1. The molecule has 0 rings (SSSR count). The predicted molar refractivity (Wildman–Crippen MR) is 287 cm³/mol. The lowest BCUT2D eigenvalue weighted by Gasteiger charge is -2.22. The Hall–Kier alpha value is -1.92. The maximum Gasteiger partial charge on any atom is 0.305 e. The second-order valence-corrected chi connectivity index (χ2v) is 20.0. The molecule has 0 fully saturated rings. The van der Waals surface area contributed by atoms with E-state index in [0.29, 0.717) is 25.9 Å². The smallest absolute Gasteiger partial charge is 0.305 e. The van der Waals surface area contributed by atoms with Crippen molar-refractivity contribution in [2.45, 2.75) is 321 Å². The van der Waals surface area contributed by atoms with Gasteiger partial charge in [0.05, 0.1) is 25.4 Å². The van der Waals surface area contributed by atoms with Gasteiger partial charge in [0, 0.05) is 12.8 Å². The number of ether oxygens (including phenoxy) is 1. The molecule has 0 aliphatic heterocycles. The van der Waals surface area contributed by atoms with Crippen LogP contribution in [0.4, 0.5) is 0 Å². The molecule has 0 heterocycles. The molecular formula is C60H113NO5. The van der Waals surface area contributed by atoms with Gasteiger partial charge < -0.3 is 20.3 Å². The van der Waals surface area contributed by atoms with E-state index in [1.165, 1.54) is 180 Å². The molecule has 0 aromatic heterocycles. The van der Waals surface area contributed by atoms with Crippen molar-refractivity contribution in [3.8, 4) is 0 Å². The minimum Gasteiger partial charge on any atom is -0.466 e. The van der Waals surface area contributed by atoms with Crippen molar-refractivity contribution in [2.75, 3.05) is 13.2 Å². The van der Waals surface area contributed by atoms with Crippen molar-refractivity contribution in [1.82, 2.24) is 5.32 Å². The third-order valence-corrected chi connectivity index (χ3v) is 13.4. The van der Waals surface area contributed by atoms with Gasteiger partial charge in [-0.3, -0.25) is 9.59 Å². The van der Waals surface area contributed by atoms with Gasteiger partial charge in [-0.2, -0.15) is 0 Å². The lowest BCUT2D eigenvalue weighted by molar-refractivity contribution is -0.143. The number of rotatable bonds is 54. The summed E-state index contributed by atoms with van der Waals surface area (Å²) in [5.74, 6) is -0.108. The number of allylic oxidation sites excluding steroid dienone is 6. The lowest BCUT2D eigenvalue weighted by Crippen LogP contribution is -2.45. The van der Waals surface area contributed by atoms with Crippen molar-refractivity contribution in [3.63, 3.8) is 0 Å². The Morgan fingerprint density at radius 2 is 0.773 bits per heavy atom. The van der Waals surface area contributed by atoms with Crippen molar-refractivity contribution in [2.24, 2.45) is 0 Å². The molecule has 0 aliphatic carbocycles. The Balaban J connectivity index is 3.50. The molecular weight excluding hydrogens is 815 g/mol. The van der Waals surface area contributed by atoms with Crippen molar-refractivity contribution in [3.05, 3.63) is 36.5 Å². The quantitative estimate of drug-likeness (QED) is 0.0321. The van der Waals surface area contributed by atoms with Gasteiger partial charge in [0.2, 0.25) is 5.91 Å². The maximum absolute atomic E-state index is 12.5. The molecule has 2 unspecified atom stereocenters. The van der Waals surface area contributed by atoms with Crippen molar-refractivity contribution < 1.29 is 24.5 Å². The largest absolute Gasteiger partial charge is 0.466 e. The second kappa shape index (κ2) is 55.7. The molecule has 0 bridgehead atoms. The number of amides is 1. The van der Waals surface area contributed by atoms with Crippen LogP contribution in [0.1, 0.15) is 309 Å². The Morgan fingerprint density at radius 1 is 0.424 bits per heavy atom. The summed E-state index contributed by atoms with van der Waals surface area (Å²) >= 11 is 0. The SMILES string of the molecule is CCCC/C=C\C/C=C\CCCCCCCC(=O)OCCCC/C=C\CCCCCCCC(=O)NC(CO)C(O)CCCCCCCCCCCCCCCCCCCCCCCCCC. The molecule has 66 heavy (non-hydrogen) atoms. The zero-order valence-electron chi connectivity index (χ0n) is 44.2. The number of hydrogen-bond donors (Lipinski definition) is 3. The number of aliphatic hydroxyl groups excluding tert-OH is 2. The van der Waals surface area contributed by atoms with Crippen LogP contribution in [0, 0.1) is 0 Å². The molecule has 0 saturated heterocycles. The Bertz CT molecular complexity index is 1070. The molecule has 0 aromatic rings. The van der Waals surface area contributed by atoms with Crippen LogP contribution in [0.25, 0.3) is 0 Å². The topological polar surface area (TPSA) is 95.9 Å². The van der Waals surface area contributed by atoms with Crippen LogP contribution in [0.5, 0.6) is 0 Å². The van der Waals surface area contributed by atoms with Gasteiger partial charge >= 0.3 is 5.97 Å². The van der Waals surface area contributed by atoms with Crippen LogP contribution in [-0.4, -0.2) is 47.4 Å². The summed E-state index contributed by atoms with van der Waals surface area (Å²) in [5, 5.41) is 23.3. The average Bonchev–Trinajstić information content (AvgIpc) is 3.32. The fourth-order valence-corrected chi connectivity index (χ4v) is 8.89. The summed E-state index contributed by atoms with van der Waals surface area (Å²) in [4.78, 5) is 24.5. The van der Waals surface area contributed by atoms with Gasteiger partial charge in [0.25, 0.3) is 0 Å². The summed E-state index contributed by atoms with van der Waals surface area (Å²) in [6, 6.07) is -0.565. The monoisotopic (exact) mass is 928 g/mol. The Kier molecular flexibility index (Phi) is 54.1. The van der Waals surface area contributed by atoms with E-state index in [9.17, 15) is 19.8 Å². The number of nitrogens with one attached hydrogen (secondary N) is 1. The zero-order valence-corrected chi connectivity index (χ0v) is 44.2. The van der Waals surface area contributed by atoms with Crippen LogP contribution in [0.15, 0.2) is 36.5 Å². The first-order chi connectivity index (χ1) is 32.5. The number of unbranched alkanes of at least 4 members (excludes halogenated alkanes) is 37. The first-order valence-electron chi connectivity index (χ1n) is 29.2. The summed E-state index contributed by atoms with van der Waals surface area (Å²) in [6.07, 6.45) is 68.5. The van der Waals surface area contributed by atoms with Gasteiger partial charge in [0.15, 0.2) is 0 Å². The average molecular weight is 929 g/mol. The van der Waals surface area contributed by atoms with Gasteiger partial charge in [-0.25, -0.2) is 0 Å². The van der Waals surface area contributed by atoms with E-state index in [-0.39, 0.29) is 18.5 Å². The van der Waals surface area contributed by atoms with Gasteiger partial charge in [-0.1, -0.05) is 256 Å². The van der Waals surface area contributed by atoms with E-state index in [1.54, 1.807) is 0 Å². The molecule has 388 valence electrons. The number of carbonyl (C=O) groups excluding carboxylic acids is 2. The Labute approximate surface area is 411 Å². The fourth-order valence-electron chi connectivity index (χ4n) is 8.89. The summed E-state index contributed by atoms with van der Waals surface area (Å²) in [7, 11) is 0. The minimum absolute atomic E-state index is 0.0453. The molecule has 0 aliphatic rings. The van der Waals surface area contributed by atoms with Gasteiger partial charge in [-0.15, -0.1) is 0 Å². The van der Waals surface area contributed by atoms with Crippen LogP contribution in [-0.2, 0) is 14.3 Å². The Morgan fingerprint density at radius 3 is 1.21 bits per heavy atom. The van der Waals surface area contributed by atoms with Crippen LogP contribution >= 0.6 is 0 Å². The highest BCUT2D eigenvalue weighted by Gasteiger charge is 2.20. The molecule has 0 aromatic carbocycles. The first-order valence-corrected chi connectivity index (χ1v) is 29.2. The van der Waals surface area contributed by atoms with Crippen molar-refractivity contribution in [1.29, 1.82) is 0 Å². The minimum atomic E-state index is -0.685. The van der Waals surface area contributed by atoms with Crippen LogP contribution < -0.4 is 5.32 Å². The zero-order chi connectivity index (χ0) is 47.9. The third-order valence-electron chi connectivity index (χ3n) is 13.4. The summed E-state index contributed by atoms with van der Waals surface area (Å²) in [6.45, 7) is 4.84. The normalized spacial score (nSPS) is 12.8. The fraction of sp³-hybridized carbons (Fsp3) is 0.867. The van der Waals surface area contributed by atoms with E-state index < -0.39 is 12.1 Å². The molecule has 6 heteroatoms. The highest BCUT2D eigenvalue weighted by Crippen LogP contribution is 2.17. The van der Waals surface area contributed by atoms with Gasteiger partial charge in [0.1, 0.15) is 0 Å². The van der Waals surface area contributed by atoms with E-state index in [2.05, 4.69) is 55.6 Å². The summed E-state index contributed by atoms with van der Waals surface area (Å²) < 4.78 is 5.43. The molecule has 0 radical (unpaired) electrons. The van der Waals surface area contributed by atoms with E-state index in [1.807, 2.05) is 0 Å². The van der Waals surface area contributed by atoms with Crippen molar-refractivity contribution >= 4 is 11.9 Å². The molecule has 1 amide bonds. The molecule has 0 spiro atoms. The molecule has 2 atom stereocenters. The summed E-state index contributed by atoms with van der Waals surface area (Å²) in [5.41, 5.74) is 0. The number of carbonyl (C=O) groups is 2. The third kappa shape index (κ3) is 51.5. The molecule has 6 nitrogen and oxygen atoms in total. The highest BCUT2D eigenvalue weighted by atomic mass is 16.5. The van der Waals surface area contributed by atoms with Gasteiger partial charge in [-0.05, 0) is 77.0 Å². The second-order valence-electron chi connectivity index (χ2n) is 20.0. The number of hydrogen-bond acceptors (Lipinski definition) is 5. The standard InChI is InChI=1S/C60H113NO5/c1-3-5-7-9-11-13-15-17-19-20-21-22-23-24-25-26-27-28-29-32-36-40-44-48-52-58(63)57(56-62)61-59(64)53-49-45-41-37-33-31-35-39-43-47-51-55-66-60(65)54-50-46-42-38-34-30-18-16-14-12-10-8-6-4-2/h10,12,16,18,35,39,57-58,62-63H,3-9,11,13-15,17,19-34,36-38,40-56H2,1-2H3,(H,61,64)/b12-10-,18-16-,39-35-. The molecule has 0 saturated carbocycles. The van der Waals surface area contributed by atoms with E-state index in [4.69, 9.17) is 4.74 Å². The first kappa shape index (κ1) is 64.1. The van der Waals surface area contributed by atoms with Crippen LogP contribution in [0.2, 0.25) is 0 Å². The predicted octanol–water partition coefficient (Wildman–Crippen LogP) is 18.0. The van der Waals surface area contributed by atoms with E-state index in [0.717, 1.165) is 96.3 Å².